The van der Waals surface area contributed by atoms with Gasteiger partial charge in [-0.15, -0.1) is 12.4 Å². The van der Waals surface area contributed by atoms with Gasteiger partial charge in [0.1, 0.15) is 5.76 Å². The molecule has 146 valence electrons. The molecule has 7 nitrogen and oxygen atoms in total. The number of sulfone groups is 1. The standard InChI is InChI=1S/C18H21N3O4S.ClH/c1-11-15(20-18(25-11)12-5-3-2-4-6-12)7-17(22)21-8-13-14(19)10-26(23,24)16(13)9-21;/h2-6,13-14,16H,7-10,19H2,1H3;1H/t13-,14+,16-;/m0./s1. The Bertz CT molecular complexity index is 945. The third-order valence-electron chi connectivity index (χ3n) is 5.33. The molecule has 9 heteroatoms. The van der Waals surface area contributed by atoms with Gasteiger partial charge < -0.3 is 15.1 Å². The molecule has 27 heavy (non-hydrogen) atoms. The van der Waals surface area contributed by atoms with Crippen LogP contribution in [0.2, 0.25) is 0 Å². The smallest absolute Gasteiger partial charge is 0.228 e. The molecule has 2 aliphatic rings. The zero-order chi connectivity index (χ0) is 18.5. The molecule has 2 aliphatic heterocycles. The van der Waals surface area contributed by atoms with Gasteiger partial charge in [-0.05, 0) is 19.1 Å². The Morgan fingerprint density at radius 3 is 2.67 bits per heavy atom. The van der Waals surface area contributed by atoms with Crippen molar-refractivity contribution in [2.45, 2.75) is 24.6 Å². The summed E-state index contributed by atoms with van der Waals surface area (Å²) in [6.07, 6.45) is 0.0941. The Morgan fingerprint density at radius 2 is 2.00 bits per heavy atom. The number of carbonyl (C=O) groups is 1. The molecule has 2 N–H and O–H groups in total. The molecular formula is C18H22ClN3O4S. The van der Waals surface area contributed by atoms with Gasteiger partial charge in [-0.25, -0.2) is 13.4 Å². The van der Waals surface area contributed by atoms with Crippen LogP contribution in [0.25, 0.3) is 11.5 Å². The van der Waals surface area contributed by atoms with Crippen LogP contribution in [0.3, 0.4) is 0 Å². The van der Waals surface area contributed by atoms with Crippen LogP contribution < -0.4 is 5.73 Å². The number of nitrogens with two attached hydrogens (primary N) is 1. The first-order valence-electron chi connectivity index (χ1n) is 8.62. The molecule has 0 aliphatic carbocycles. The van der Waals surface area contributed by atoms with E-state index in [9.17, 15) is 13.2 Å². The predicted octanol–water partition coefficient (Wildman–Crippen LogP) is 1.20. The first kappa shape index (κ1) is 19.9. The molecule has 3 heterocycles. The average molecular weight is 412 g/mol. The monoisotopic (exact) mass is 411 g/mol. The van der Waals surface area contributed by atoms with Crippen molar-refractivity contribution in [1.29, 1.82) is 0 Å². The highest BCUT2D eigenvalue weighted by Gasteiger charge is 2.51. The maximum absolute atomic E-state index is 12.7. The van der Waals surface area contributed by atoms with Crippen molar-refractivity contribution in [3.05, 3.63) is 41.8 Å². The Hall–Kier alpha value is -1.90. The van der Waals surface area contributed by atoms with Crippen LogP contribution in [0.15, 0.2) is 34.7 Å². The molecular weight excluding hydrogens is 390 g/mol. The number of carbonyl (C=O) groups excluding carboxylic acids is 1. The summed E-state index contributed by atoms with van der Waals surface area (Å²) in [5.74, 6) is 0.794. The van der Waals surface area contributed by atoms with Gasteiger partial charge in [0.25, 0.3) is 0 Å². The van der Waals surface area contributed by atoms with E-state index in [0.717, 1.165) is 5.56 Å². The molecule has 2 saturated heterocycles. The summed E-state index contributed by atoms with van der Waals surface area (Å²) in [7, 11) is -3.21. The third kappa shape index (κ3) is 3.61. The van der Waals surface area contributed by atoms with Gasteiger partial charge >= 0.3 is 0 Å². The highest BCUT2D eigenvalue weighted by Crippen LogP contribution is 2.33. The zero-order valence-corrected chi connectivity index (χ0v) is 16.5. The van der Waals surface area contributed by atoms with E-state index in [4.69, 9.17) is 10.2 Å². The van der Waals surface area contributed by atoms with E-state index in [1.165, 1.54) is 0 Å². The Morgan fingerprint density at radius 1 is 1.30 bits per heavy atom. The molecule has 0 radical (unpaired) electrons. The second-order valence-corrected chi connectivity index (χ2v) is 9.32. The maximum atomic E-state index is 12.7. The van der Waals surface area contributed by atoms with E-state index in [0.29, 0.717) is 23.9 Å². The van der Waals surface area contributed by atoms with Crippen LogP contribution in [0.4, 0.5) is 0 Å². The van der Waals surface area contributed by atoms with Gasteiger partial charge in [-0.3, -0.25) is 4.79 Å². The third-order valence-corrected chi connectivity index (χ3v) is 7.60. The summed E-state index contributed by atoms with van der Waals surface area (Å²) in [4.78, 5) is 18.7. The SMILES string of the molecule is Cc1oc(-c2ccccc2)nc1CC(=O)N1C[C@H]2[C@H](N)CS(=O)(=O)[C@H]2C1.Cl. The number of fused-ring (bicyclic) bond motifs is 1. The van der Waals surface area contributed by atoms with Crippen molar-refractivity contribution < 1.29 is 17.6 Å². The largest absolute Gasteiger partial charge is 0.441 e. The molecule has 1 aromatic carbocycles. The number of halogens is 1. The number of hydrogen-bond acceptors (Lipinski definition) is 6. The highest BCUT2D eigenvalue weighted by molar-refractivity contribution is 7.92. The molecule has 2 fully saturated rings. The summed E-state index contributed by atoms with van der Waals surface area (Å²) in [6, 6.07) is 9.10. The number of nitrogens with zero attached hydrogens (tertiary/aromatic N) is 2. The van der Waals surface area contributed by atoms with Crippen LogP contribution in [0.1, 0.15) is 11.5 Å². The predicted molar refractivity (Wildman–Crippen MR) is 103 cm³/mol. The fraction of sp³-hybridized carbons (Fsp3) is 0.444. The quantitative estimate of drug-likeness (QED) is 0.813. The second kappa shape index (κ2) is 7.26. The van der Waals surface area contributed by atoms with E-state index in [2.05, 4.69) is 4.98 Å². The summed E-state index contributed by atoms with van der Waals surface area (Å²) in [6.45, 7) is 2.40. The van der Waals surface area contributed by atoms with Gasteiger partial charge in [0.05, 0.1) is 23.1 Å². The highest BCUT2D eigenvalue weighted by atomic mass is 35.5. The normalized spacial score (nSPS) is 25.9. The van der Waals surface area contributed by atoms with Crippen LogP contribution in [0.5, 0.6) is 0 Å². The van der Waals surface area contributed by atoms with Crippen LogP contribution in [-0.2, 0) is 21.1 Å². The molecule has 0 bridgehead atoms. The van der Waals surface area contributed by atoms with E-state index >= 15 is 0 Å². The lowest BCUT2D eigenvalue weighted by molar-refractivity contribution is -0.129. The topological polar surface area (TPSA) is 106 Å². The van der Waals surface area contributed by atoms with Gasteiger partial charge in [0.15, 0.2) is 9.84 Å². The summed E-state index contributed by atoms with van der Waals surface area (Å²) < 4.78 is 30.0. The first-order valence-corrected chi connectivity index (χ1v) is 10.3. The van der Waals surface area contributed by atoms with Crippen molar-refractivity contribution in [3.63, 3.8) is 0 Å². The molecule has 4 rings (SSSR count). The first-order chi connectivity index (χ1) is 12.3. The van der Waals surface area contributed by atoms with Crippen LogP contribution >= 0.6 is 12.4 Å². The van der Waals surface area contributed by atoms with Gasteiger partial charge in [-0.1, -0.05) is 18.2 Å². The summed E-state index contributed by atoms with van der Waals surface area (Å²) in [5.41, 5.74) is 7.39. The van der Waals surface area contributed by atoms with Gasteiger partial charge in [0.2, 0.25) is 11.8 Å². The summed E-state index contributed by atoms with van der Waals surface area (Å²) in [5, 5.41) is -0.528. The Kier molecular flexibility index (Phi) is 5.33. The van der Waals surface area contributed by atoms with Crippen molar-refractivity contribution in [1.82, 2.24) is 9.88 Å². The molecule has 0 saturated carbocycles. The number of amides is 1. The number of aromatic nitrogens is 1. The number of likely N-dealkylation sites (tertiary alicyclic amines) is 1. The molecule has 0 unspecified atom stereocenters. The summed E-state index contributed by atoms with van der Waals surface area (Å²) >= 11 is 0. The number of oxazole rings is 1. The van der Waals surface area contributed by atoms with Crippen LogP contribution in [0, 0.1) is 12.8 Å². The van der Waals surface area contributed by atoms with Crippen molar-refractivity contribution in [3.8, 4) is 11.5 Å². The lowest BCUT2D eigenvalue weighted by Gasteiger charge is -2.18. The fourth-order valence-electron chi connectivity index (χ4n) is 3.86. The van der Waals surface area contributed by atoms with E-state index < -0.39 is 15.1 Å². The molecule has 2 aromatic rings. The minimum absolute atomic E-state index is 0. The number of rotatable bonds is 3. The molecule has 3 atom stereocenters. The van der Waals surface area contributed by atoms with Gasteiger partial charge in [-0.2, -0.15) is 0 Å². The lowest BCUT2D eigenvalue weighted by atomic mass is 10.0. The molecule has 1 amide bonds. The zero-order valence-electron chi connectivity index (χ0n) is 14.9. The number of aryl methyl sites for hydroxylation is 1. The van der Waals surface area contributed by atoms with E-state index in [-0.39, 0.29) is 49.0 Å². The maximum Gasteiger partial charge on any atom is 0.228 e. The Balaban J connectivity index is 0.00000210. The lowest BCUT2D eigenvalue weighted by Crippen LogP contribution is -2.36. The number of hydrogen-bond donors (Lipinski definition) is 1. The minimum Gasteiger partial charge on any atom is -0.441 e. The van der Waals surface area contributed by atoms with Crippen LogP contribution in [-0.4, -0.2) is 54.3 Å². The van der Waals surface area contributed by atoms with Gasteiger partial charge in [0, 0.05) is 30.6 Å². The Labute approximate surface area is 164 Å². The van der Waals surface area contributed by atoms with E-state index in [1.807, 2.05) is 30.3 Å². The fourth-order valence-corrected chi connectivity index (χ4v) is 6.12. The van der Waals surface area contributed by atoms with Crippen molar-refractivity contribution in [2.75, 3.05) is 18.8 Å². The second-order valence-electron chi connectivity index (χ2n) is 7.06. The van der Waals surface area contributed by atoms with Crippen molar-refractivity contribution >= 4 is 28.2 Å². The average Bonchev–Trinajstić information content (AvgIpc) is 3.25. The molecule has 1 aromatic heterocycles. The van der Waals surface area contributed by atoms with Crippen molar-refractivity contribution in [2.24, 2.45) is 11.7 Å². The molecule has 0 spiro atoms. The minimum atomic E-state index is -3.21. The van der Waals surface area contributed by atoms with E-state index in [1.54, 1.807) is 11.8 Å². The number of benzene rings is 1.